The van der Waals surface area contributed by atoms with Gasteiger partial charge in [0, 0.05) is 95.2 Å². The number of para-hydroxylation sites is 2. The Hall–Kier alpha value is -10.7. The van der Waals surface area contributed by atoms with Gasteiger partial charge in [-0.2, -0.15) is 0 Å². The van der Waals surface area contributed by atoms with Crippen LogP contribution in [0.2, 0.25) is 0 Å². The average Bonchev–Trinajstić information content (AvgIpc) is 4.22. The van der Waals surface area contributed by atoms with Gasteiger partial charge in [0.1, 0.15) is 11.5 Å². The van der Waals surface area contributed by atoms with Crippen LogP contribution in [0.4, 0.5) is 0 Å². The molecule has 0 radical (unpaired) electrons. The predicted molar refractivity (Wildman–Crippen MR) is 320 cm³/mol. The fourth-order valence-electron chi connectivity index (χ4n) is 11.1. The van der Waals surface area contributed by atoms with E-state index in [0.717, 1.165) is 144 Å². The van der Waals surface area contributed by atoms with E-state index in [0.29, 0.717) is 0 Å². The number of hydrogen-bond donors (Lipinski definition) is 0. The van der Waals surface area contributed by atoms with Crippen molar-refractivity contribution in [3.63, 3.8) is 0 Å². The molecule has 0 N–H and O–H groups in total. The number of hydrogen-bond acceptors (Lipinski definition) is 6. The molecule has 0 aliphatic carbocycles. The van der Waals surface area contributed by atoms with Crippen molar-refractivity contribution >= 4 is 81.8 Å². The smallest absolute Gasteiger partial charge is 0.145 e. The van der Waals surface area contributed by atoms with Crippen LogP contribution in [-0.4, -0.2) is 38.9 Å². The van der Waals surface area contributed by atoms with Crippen molar-refractivity contribution in [1.29, 1.82) is 0 Å². The number of nitrogens with zero attached hydrogens (tertiary/aromatic N) is 8. The van der Waals surface area contributed by atoms with Crippen LogP contribution in [0.15, 0.2) is 267 Å². The molecular formula is C70H44N8. The van der Waals surface area contributed by atoms with Gasteiger partial charge in [-0.15, -0.1) is 0 Å². The van der Waals surface area contributed by atoms with Crippen LogP contribution in [0.1, 0.15) is 0 Å². The Kier molecular flexibility index (Phi) is 10.7. The van der Waals surface area contributed by atoms with E-state index in [-0.39, 0.29) is 0 Å². The number of fused-ring (bicyclic) bond motifs is 12. The third kappa shape index (κ3) is 7.70. The maximum absolute atomic E-state index is 5.14. The zero-order valence-electron chi connectivity index (χ0n) is 42.0. The molecule has 0 fully saturated rings. The standard InChI is InChI=1S/2C35H22N4/c1-2-7-27(8-3-1)35-34(38-31-10-4-5-22-39(31)35)26-13-11-23(12-14-26)30-20-17-25-16-18-28-29(33(25)37-30)19-15-24-9-6-21-36-32(24)28;1-2-7-26(8-3-1)35-38-31-10-4-5-11-32(31)39(35)27-17-12-23(13-18-27)30-21-16-25-15-19-28-29(34(25)37-30)20-14-24-9-6-22-36-33(24)28/h2*1-22H. The van der Waals surface area contributed by atoms with Crippen LogP contribution >= 0.6 is 0 Å². The normalized spacial score (nSPS) is 11.6. The van der Waals surface area contributed by atoms with Gasteiger partial charge in [-0.3, -0.25) is 18.9 Å². The summed E-state index contributed by atoms with van der Waals surface area (Å²) in [6.45, 7) is 0. The molecular weight excluding hydrogens is 953 g/mol. The van der Waals surface area contributed by atoms with Gasteiger partial charge in [-0.1, -0.05) is 188 Å². The lowest BCUT2D eigenvalue weighted by atomic mass is 10.0. The maximum Gasteiger partial charge on any atom is 0.145 e. The minimum atomic E-state index is 0.931. The zero-order valence-corrected chi connectivity index (χ0v) is 42.0. The topological polar surface area (TPSA) is 86.7 Å². The summed E-state index contributed by atoms with van der Waals surface area (Å²) in [7, 11) is 0. The summed E-state index contributed by atoms with van der Waals surface area (Å²) in [4.78, 5) is 29.5. The summed E-state index contributed by atoms with van der Waals surface area (Å²) in [6, 6.07) is 86.2. The summed E-state index contributed by atoms with van der Waals surface area (Å²) in [6.07, 6.45) is 5.78. The van der Waals surface area contributed by atoms with Gasteiger partial charge in [0.05, 0.1) is 55.9 Å². The first-order valence-electron chi connectivity index (χ1n) is 26.1. The first kappa shape index (κ1) is 44.8. The highest BCUT2D eigenvalue weighted by atomic mass is 15.1. The summed E-state index contributed by atoms with van der Waals surface area (Å²) in [5.74, 6) is 0.931. The van der Waals surface area contributed by atoms with Crippen LogP contribution < -0.4 is 0 Å². The molecule has 0 aliphatic rings. The van der Waals surface area contributed by atoms with Crippen molar-refractivity contribution in [2.24, 2.45) is 0 Å². The largest absolute Gasteiger partial charge is 0.299 e. The second-order valence-electron chi connectivity index (χ2n) is 19.5. The molecule has 8 nitrogen and oxygen atoms in total. The minimum absolute atomic E-state index is 0.931. The highest BCUT2D eigenvalue weighted by Crippen LogP contribution is 2.37. The molecule has 0 unspecified atom stereocenters. The lowest BCUT2D eigenvalue weighted by Crippen LogP contribution is -1.97. The molecule has 0 spiro atoms. The molecule has 16 rings (SSSR count). The highest BCUT2D eigenvalue weighted by molar-refractivity contribution is 6.16. The van der Waals surface area contributed by atoms with Gasteiger partial charge in [-0.25, -0.2) is 19.9 Å². The SMILES string of the molecule is c1ccc(-c2c(-c3ccc(-c4ccc5ccc6c(ccc7cccnc76)c5n4)cc3)nc3ccccn23)cc1.c1ccc(-c2nc3ccccc3n2-c2ccc(-c3ccc4ccc5c(ccc6cccnc65)c4n3)cc2)cc1. The number of imidazole rings is 2. The molecule has 0 aliphatic heterocycles. The molecule has 0 bridgehead atoms. The van der Waals surface area contributed by atoms with E-state index in [2.05, 4.69) is 225 Å². The van der Waals surface area contributed by atoms with Crippen molar-refractivity contribution in [2.75, 3.05) is 0 Å². The first-order chi connectivity index (χ1) is 38.7. The van der Waals surface area contributed by atoms with Gasteiger partial charge in [-0.05, 0) is 60.7 Å². The summed E-state index contributed by atoms with van der Waals surface area (Å²) >= 11 is 0. The molecule has 9 aromatic carbocycles. The molecule has 78 heavy (non-hydrogen) atoms. The quantitative estimate of drug-likeness (QED) is 0.154. The molecule has 8 heteroatoms. The fraction of sp³-hybridized carbons (Fsp3) is 0. The van der Waals surface area contributed by atoms with Gasteiger partial charge in [0.25, 0.3) is 0 Å². The molecule has 7 aromatic heterocycles. The Morgan fingerprint density at radius 1 is 0.308 bits per heavy atom. The molecule has 0 saturated heterocycles. The lowest BCUT2D eigenvalue weighted by Gasteiger charge is -2.11. The third-order valence-corrected chi connectivity index (χ3v) is 14.9. The van der Waals surface area contributed by atoms with Crippen LogP contribution in [0.5, 0.6) is 0 Å². The van der Waals surface area contributed by atoms with E-state index >= 15 is 0 Å². The van der Waals surface area contributed by atoms with Crippen molar-refractivity contribution < 1.29 is 0 Å². The van der Waals surface area contributed by atoms with Gasteiger partial charge in [0.2, 0.25) is 0 Å². The Labute approximate surface area is 447 Å². The Bertz CT molecular complexity index is 4950. The first-order valence-corrected chi connectivity index (χ1v) is 26.1. The second kappa shape index (κ2) is 18.6. The number of benzene rings is 9. The van der Waals surface area contributed by atoms with E-state index in [4.69, 9.17) is 19.9 Å². The minimum Gasteiger partial charge on any atom is -0.299 e. The predicted octanol–water partition coefficient (Wildman–Crippen LogP) is 17.2. The molecule has 7 heterocycles. The second-order valence-corrected chi connectivity index (χ2v) is 19.5. The fourth-order valence-corrected chi connectivity index (χ4v) is 11.1. The van der Waals surface area contributed by atoms with Crippen molar-refractivity contribution in [2.45, 2.75) is 0 Å². The maximum atomic E-state index is 5.14. The molecule has 0 amide bonds. The Morgan fingerprint density at radius 2 is 0.795 bits per heavy atom. The number of rotatable bonds is 6. The van der Waals surface area contributed by atoms with Crippen molar-refractivity contribution in [3.8, 4) is 62.1 Å². The summed E-state index contributed by atoms with van der Waals surface area (Å²) in [5, 5.41) is 9.01. The monoisotopic (exact) mass is 996 g/mol. The van der Waals surface area contributed by atoms with Crippen LogP contribution in [0, 0.1) is 0 Å². The average molecular weight is 997 g/mol. The summed E-state index contributed by atoms with van der Waals surface area (Å²) < 4.78 is 4.39. The lowest BCUT2D eigenvalue weighted by molar-refractivity contribution is 1.10. The van der Waals surface area contributed by atoms with E-state index < -0.39 is 0 Å². The van der Waals surface area contributed by atoms with Gasteiger partial charge in [0.15, 0.2) is 0 Å². The van der Waals surface area contributed by atoms with E-state index in [1.807, 2.05) is 60.9 Å². The Balaban J connectivity index is 0.000000136. The molecule has 0 saturated carbocycles. The van der Waals surface area contributed by atoms with Crippen LogP contribution in [-0.2, 0) is 0 Å². The number of aromatic nitrogens is 8. The molecule has 16 aromatic rings. The molecule has 364 valence electrons. The van der Waals surface area contributed by atoms with Crippen LogP contribution in [0.25, 0.3) is 144 Å². The summed E-state index contributed by atoms with van der Waals surface area (Å²) in [5.41, 5.74) is 17.5. The van der Waals surface area contributed by atoms with E-state index in [1.54, 1.807) is 0 Å². The number of pyridine rings is 5. The van der Waals surface area contributed by atoms with E-state index in [9.17, 15) is 0 Å². The highest BCUT2D eigenvalue weighted by Gasteiger charge is 2.18. The third-order valence-electron chi connectivity index (χ3n) is 14.9. The van der Waals surface area contributed by atoms with Crippen LogP contribution in [0.3, 0.4) is 0 Å². The Morgan fingerprint density at radius 3 is 1.40 bits per heavy atom. The molecule has 0 atom stereocenters. The van der Waals surface area contributed by atoms with E-state index in [1.165, 1.54) is 0 Å². The van der Waals surface area contributed by atoms with Gasteiger partial charge >= 0.3 is 0 Å². The zero-order chi connectivity index (χ0) is 51.5. The van der Waals surface area contributed by atoms with Crippen molar-refractivity contribution in [3.05, 3.63) is 267 Å². The van der Waals surface area contributed by atoms with Gasteiger partial charge < -0.3 is 0 Å². The van der Waals surface area contributed by atoms with Crippen molar-refractivity contribution in [1.82, 2.24) is 38.9 Å².